The third-order valence-corrected chi connectivity index (χ3v) is 8.55. The van der Waals surface area contributed by atoms with E-state index in [0.29, 0.717) is 23.0 Å². The molecule has 3 aromatic rings. The van der Waals surface area contributed by atoms with E-state index in [2.05, 4.69) is 5.32 Å². The van der Waals surface area contributed by atoms with Crippen molar-refractivity contribution in [1.82, 2.24) is 15.1 Å². The standard InChI is InChI=1S/C31H29Cl2F3N4O3/c32-24-10-9-21(26(33)18-24)11-14-37-27(41)19-39-20-40(25-7-2-1-3-8-25)30(29(39)43)12-15-38(16-13-30)28(42)22-5-4-6-23(17-22)31(34,35)36/h1-10,17-18H,11-16,19-20H2,(H,37,41). The van der Waals surface area contributed by atoms with E-state index in [1.54, 1.807) is 18.2 Å². The topological polar surface area (TPSA) is 73.0 Å². The van der Waals surface area contributed by atoms with Gasteiger partial charge < -0.3 is 20.0 Å². The highest BCUT2D eigenvalue weighted by atomic mass is 35.5. The number of hydrogen-bond donors (Lipinski definition) is 1. The van der Waals surface area contributed by atoms with Crippen LogP contribution in [0.1, 0.15) is 34.3 Å². The Hall–Kier alpha value is -3.76. The average Bonchev–Trinajstić information content (AvgIpc) is 3.24. The minimum Gasteiger partial charge on any atom is -0.354 e. The van der Waals surface area contributed by atoms with Crippen molar-refractivity contribution >= 4 is 46.6 Å². The maximum atomic E-state index is 13.9. The minimum absolute atomic E-state index is 0.0541. The summed E-state index contributed by atoms with van der Waals surface area (Å²) in [4.78, 5) is 44.9. The Morgan fingerprint density at radius 3 is 2.33 bits per heavy atom. The summed E-state index contributed by atoms with van der Waals surface area (Å²) in [6, 6.07) is 18.9. The molecular formula is C31H29Cl2F3N4O3. The van der Waals surface area contributed by atoms with E-state index < -0.39 is 23.2 Å². The SMILES string of the molecule is O=C(CN1CN(c2ccccc2)C2(CCN(C(=O)c3cccc(C(F)(F)F)c3)CC2)C1=O)NCCc1ccc(Cl)cc1Cl. The minimum atomic E-state index is -4.56. The van der Waals surface area contributed by atoms with Crippen molar-refractivity contribution in [3.8, 4) is 0 Å². The molecule has 2 heterocycles. The van der Waals surface area contributed by atoms with E-state index in [0.717, 1.165) is 23.4 Å². The maximum absolute atomic E-state index is 13.9. The van der Waals surface area contributed by atoms with Crippen LogP contribution in [0.4, 0.5) is 18.9 Å². The summed E-state index contributed by atoms with van der Waals surface area (Å²) in [5, 5.41) is 3.88. The number of piperidine rings is 1. The molecule has 0 radical (unpaired) electrons. The zero-order valence-corrected chi connectivity index (χ0v) is 24.6. The number of halogens is 5. The van der Waals surface area contributed by atoms with Gasteiger partial charge in [-0.2, -0.15) is 13.2 Å². The van der Waals surface area contributed by atoms with Gasteiger partial charge in [-0.15, -0.1) is 0 Å². The fourth-order valence-electron chi connectivity index (χ4n) is 5.70. The highest BCUT2D eigenvalue weighted by molar-refractivity contribution is 6.35. The van der Waals surface area contributed by atoms with Crippen molar-refractivity contribution in [2.24, 2.45) is 0 Å². The zero-order chi connectivity index (χ0) is 30.8. The number of amides is 3. The van der Waals surface area contributed by atoms with Crippen LogP contribution in [0, 0.1) is 0 Å². The zero-order valence-electron chi connectivity index (χ0n) is 23.0. The molecule has 3 amide bonds. The highest BCUT2D eigenvalue weighted by Crippen LogP contribution is 2.40. The predicted octanol–water partition coefficient (Wildman–Crippen LogP) is 5.65. The second-order valence-corrected chi connectivity index (χ2v) is 11.5. The molecule has 0 aromatic heterocycles. The number of hydrogen-bond acceptors (Lipinski definition) is 4. The Balaban J connectivity index is 1.27. The lowest BCUT2D eigenvalue weighted by molar-refractivity contribution is -0.137. The van der Waals surface area contributed by atoms with Crippen molar-refractivity contribution in [2.75, 3.05) is 37.7 Å². The van der Waals surface area contributed by atoms with Crippen molar-refractivity contribution in [2.45, 2.75) is 31.0 Å². The van der Waals surface area contributed by atoms with Gasteiger partial charge in [0.25, 0.3) is 11.8 Å². The molecule has 0 bridgehead atoms. The Labute approximate surface area is 257 Å². The number of carbonyl (C=O) groups is 3. The van der Waals surface area contributed by atoms with Gasteiger partial charge >= 0.3 is 6.18 Å². The molecule has 0 saturated carbocycles. The average molecular weight is 633 g/mol. The smallest absolute Gasteiger partial charge is 0.354 e. The summed E-state index contributed by atoms with van der Waals surface area (Å²) < 4.78 is 39.6. The summed E-state index contributed by atoms with van der Waals surface area (Å²) >= 11 is 12.2. The molecule has 2 fully saturated rings. The fourth-order valence-corrected chi connectivity index (χ4v) is 6.21. The van der Waals surface area contributed by atoms with Crippen LogP contribution in [-0.2, 0) is 22.2 Å². The summed E-state index contributed by atoms with van der Waals surface area (Å²) in [5.74, 6) is -1.06. The molecule has 0 aliphatic carbocycles. The lowest BCUT2D eigenvalue weighted by atomic mass is 9.85. The first-order valence-electron chi connectivity index (χ1n) is 13.8. The molecule has 3 aromatic carbocycles. The Kier molecular flexibility index (Phi) is 8.89. The molecule has 7 nitrogen and oxygen atoms in total. The van der Waals surface area contributed by atoms with Crippen molar-refractivity contribution in [3.05, 3.63) is 99.5 Å². The number of nitrogens with one attached hydrogen (secondary N) is 1. The molecule has 2 aliphatic rings. The Morgan fingerprint density at radius 1 is 0.930 bits per heavy atom. The van der Waals surface area contributed by atoms with Gasteiger partial charge in [0.15, 0.2) is 0 Å². The van der Waals surface area contributed by atoms with Crippen LogP contribution in [0.5, 0.6) is 0 Å². The van der Waals surface area contributed by atoms with Gasteiger partial charge in [0.2, 0.25) is 5.91 Å². The second-order valence-electron chi connectivity index (χ2n) is 10.6. The van der Waals surface area contributed by atoms with Crippen molar-refractivity contribution in [1.29, 1.82) is 0 Å². The van der Waals surface area contributed by atoms with Gasteiger partial charge in [-0.3, -0.25) is 14.4 Å². The largest absolute Gasteiger partial charge is 0.416 e. The highest BCUT2D eigenvalue weighted by Gasteiger charge is 2.54. The molecule has 5 rings (SSSR count). The molecule has 12 heteroatoms. The lowest BCUT2D eigenvalue weighted by Gasteiger charge is -2.43. The van der Waals surface area contributed by atoms with E-state index in [9.17, 15) is 27.6 Å². The number of nitrogens with zero attached hydrogens (tertiary/aromatic N) is 3. The van der Waals surface area contributed by atoms with Crippen LogP contribution in [0.3, 0.4) is 0 Å². The molecule has 1 spiro atoms. The molecule has 1 N–H and O–H groups in total. The monoisotopic (exact) mass is 632 g/mol. The summed E-state index contributed by atoms with van der Waals surface area (Å²) in [7, 11) is 0. The van der Waals surface area contributed by atoms with E-state index >= 15 is 0 Å². The number of rotatable bonds is 7. The third kappa shape index (κ3) is 6.60. The Morgan fingerprint density at radius 2 is 1.65 bits per heavy atom. The quantitative estimate of drug-likeness (QED) is 0.365. The van der Waals surface area contributed by atoms with E-state index in [1.807, 2.05) is 35.2 Å². The molecule has 0 unspecified atom stereocenters. The van der Waals surface area contributed by atoms with Crippen LogP contribution in [0.25, 0.3) is 0 Å². The number of benzene rings is 3. The predicted molar refractivity (Wildman–Crippen MR) is 158 cm³/mol. The first kappa shape index (κ1) is 30.7. The maximum Gasteiger partial charge on any atom is 0.416 e. The number of carbonyl (C=O) groups excluding carboxylic acids is 3. The van der Waals surface area contributed by atoms with E-state index in [-0.39, 0.29) is 56.5 Å². The van der Waals surface area contributed by atoms with Crippen molar-refractivity contribution < 1.29 is 27.6 Å². The fraction of sp³-hybridized carbons (Fsp3) is 0.323. The van der Waals surface area contributed by atoms with Gasteiger partial charge in [0.05, 0.1) is 12.2 Å². The molecule has 2 saturated heterocycles. The first-order valence-corrected chi connectivity index (χ1v) is 14.5. The Bertz CT molecular complexity index is 1510. The van der Waals surface area contributed by atoms with Crippen LogP contribution < -0.4 is 10.2 Å². The molecule has 43 heavy (non-hydrogen) atoms. The number of alkyl halides is 3. The van der Waals surface area contributed by atoms with E-state index in [4.69, 9.17) is 23.2 Å². The number of likely N-dealkylation sites (tertiary alicyclic amines) is 1. The van der Waals surface area contributed by atoms with E-state index in [1.165, 1.54) is 21.9 Å². The number of para-hydroxylation sites is 1. The van der Waals surface area contributed by atoms with Crippen LogP contribution in [-0.4, -0.2) is 65.9 Å². The summed E-state index contributed by atoms with van der Waals surface area (Å²) in [5.41, 5.74) is -0.304. The van der Waals surface area contributed by atoms with Gasteiger partial charge in [-0.05, 0) is 67.3 Å². The number of anilines is 1. The molecule has 2 aliphatic heterocycles. The lowest BCUT2D eigenvalue weighted by Crippen LogP contribution is -2.57. The normalized spacial score (nSPS) is 16.6. The second kappa shape index (κ2) is 12.5. The van der Waals surface area contributed by atoms with Crippen molar-refractivity contribution in [3.63, 3.8) is 0 Å². The van der Waals surface area contributed by atoms with Gasteiger partial charge in [0, 0.05) is 40.9 Å². The summed E-state index contributed by atoms with van der Waals surface area (Å²) in [6.45, 7) is 0.701. The third-order valence-electron chi connectivity index (χ3n) is 7.96. The summed E-state index contributed by atoms with van der Waals surface area (Å²) in [6.07, 6.45) is -3.55. The molecule has 0 atom stereocenters. The van der Waals surface area contributed by atoms with Gasteiger partial charge in [0.1, 0.15) is 12.1 Å². The van der Waals surface area contributed by atoms with Crippen LogP contribution in [0.2, 0.25) is 10.0 Å². The molecular weight excluding hydrogens is 604 g/mol. The van der Waals surface area contributed by atoms with Gasteiger partial charge in [-0.1, -0.05) is 53.5 Å². The van der Waals surface area contributed by atoms with Crippen LogP contribution >= 0.6 is 23.2 Å². The van der Waals surface area contributed by atoms with Gasteiger partial charge in [-0.25, -0.2) is 0 Å². The first-order chi connectivity index (χ1) is 20.5. The molecule has 226 valence electrons. The van der Waals surface area contributed by atoms with Crippen LogP contribution in [0.15, 0.2) is 72.8 Å².